The summed E-state index contributed by atoms with van der Waals surface area (Å²) in [6.07, 6.45) is 1.67. The van der Waals surface area contributed by atoms with E-state index in [-0.39, 0.29) is 17.0 Å². The number of aromatic nitrogens is 2. The van der Waals surface area contributed by atoms with E-state index in [1.807, 2.05) is 24.3 Å². The normalized spacial score (nSPS) is 21.0. The molecule has 5 heterocycles. The molecule has 132 valence electrons. The van der Waals surface area contributed by atoms with Gasteiger partial charge in [0.1, 0.15) is 17.9 Å². The highest BCUT2D eigenvalue weighted by molar-refractivity contribution is 6.25. The van der Waals surface area contributed by atoms with E-state index in [9.17, 15) is 4.39 Å². The Bertz CT molecular complexity index is 1100. The van der Waals surface area contributed by atoms with E-state index >= 15 is 0 Å². The van der Waals surface area contributed by atoms with E-state index in [2.05, 4.69) is 20.3 Å². The fraction of sp³-hybridized carbons (Fsp3) is 0.0556. The monoisotopic (exact) mass is 380 g/mol. The largest absolute Gasteiger partial charge is 0.274 e. The molecule has 0 fully saturated rings. The lowest BCUT2D eigenvalue weighted by atomic mass is 10.1. The number of hydrogen-bond acceptors (Lipinski definition) is 6. The Hall–Kier alpha value is -3.23. The highest BCUT2D eigenvalue weighted by Crippen LogP contribution is 2.44. The number of halogens is 2. The predicted octanol–water partition coefficient (Wildman–Crippen LogP) is 4.47. The number of hydrogen-bond donors (Lipinski definition) is 0. The molecule has 0 radical (unpaired) electrons. The smallest absolute Gasteiger partial charge is 0.206 e. The average molecular weight is 381 g/mol. The first-order valence-electron chi connectivity index (χ1n) is 8.20. The number of quaternary nitrogens is 1. The van der Waals surface area contributed by atoms with Gasteiger partial charge in [0, 0.05) is 29.6 Å². The molecule has 3 aliphatic rings. The number of pyridine rings is 2. The second kappa shape index (κ2) is 5.90. The van der Waals surface area contributed by atoms with Gasteiger partial charge in [-0.15, -0.1) is 9.64 Å². The van der Waals surface area contributed by atoms with Crippen LogP contribution in [0.3, 0.4) is 0 Å². The van der Waals surface area contributed by atoms with Crippen LogP contribution in [0.4, 0.5) is 21.8 Å². The second-order valence-corrected chi connectivity index (χ2v) is 6.44. The Kier molecular flexibility index (Phi) is 3.49. The minimum atomic E-state index is -0.317. The summed E-state index contributed by atoms with van der Waals surface area (Å²) in [4.78, 5) is 9.12. The van der Waals surface area contributed by atoms with Crippen molar-refractivity contribution in [3.05, 3.63) is 77.7 Å². The van der Waals surface area contributed by atoms with Gasteiger partial charge in [-0.1, -0.05) is 28.9 Å². The summed E-state index contributed by atoms with van der Waals surface area (Å²) in [6, 6.07) is 15.7. The van der Waals surface area contributed by atoms with Crippen LogP contribution in [0.25, 0.3) is 0 Å². The van der Waals surface area contributed by atoms with Crippen molar-refractivity contribution >= 4 is 35.1 Å². The van der Waals surface area contributed by atoms with Crippen molar-refractivity contribution in [2.24, 2.45) is 15.4 Å². The molecule has 1 aromatic carbocycles. The molecule has 6 rings (SSSR count). The van der Waals surface area contributed by atoms with E-state index in [1.165, 1.54) is 6.07 Å². The molecule has 7 nitrogen and oxygen atoms in total. The molecular formula is C18H12ClFN7+. The SMILES string of the molecule is Fc1ccccc1C[N+]1(c2ccccn2)N=C2/N=N\N(Cl)c3ccc2c1n3. The minimum absolute atomic E-state index is 0.149. The molecule has 3 aromatic rings. The highest BCUT2D eigenvalue weighted by atomic mass is 35.5. The Morgan fingerprint density at radius 1 is 1.04 bits per heavy atom. The van der Waals surface area contributed by atoms with Crippen LogP contribution < -0.4 is 9.12 Å². The molecule has 2 aromatic heterocycles. The molecule has 1 atom stereocenters. The van der Waals surface area contributed by atoms with E-state index in [4.69, 9.17) is 16.9 Å². The summed E-state index contributed by atoms with van der Waals surface area (Å²) in [5, 5.41) is 12.8. The van der Waals surface area contributed by atoms with E-state index in [0.717, 1.165) is 4.53 Å². The zero-order chi connectivity index (χ0) is 18.4. The standard InChI is InChI=1S/C18H12ClFN7/c19-26-15-9-8-13-17(23-25-26)24-27(18(13)22-15,16-7-3-4-10-21-16)11-12-5-1-2-6-14(12)20/h1-10H,11H2/q+1/b25-23-. The van der Waals surface area contributed by atoms with Gasteiger partial charge < -0.3 is 0 Å². The van der Waals surface area contributed by atoms with Crippen LogP contribution in [0.5, 0.6) is 0 Å². The quantitative estimate of drug-likeness (QED) is 0.497. The molecule has 3 aliphatic heterocycles. The molecule has 0 aliphatic carbocycles. The highest BCUT2D eigenvalue weighted by Gasteiger charge is 2.48. The third kappa shape index (κ3) is 2.42. The van der Waals surface area contributed by atoms with Gasteiger partial charge in [-0.05, 0) is 34.6 Å². The van der Waals surface area contributed by atoms with Crippen LogP contribution in [0, 0.1) is 5.82 Å². The van der Waals surface area contributed by atoms with Gasteiger partial charge in [-0.2, -0.15) is 4.98 Å². The Labute approximate surface area is 158 Å². The van der Waals surface area contributed by atoms with Gasteiger partial charge in [-0.25, -0.2) is 9.37 Å². The fourth-order valence-electron chi connectivity index (χ4n) is 3.26. The zero-order valence-corrected chi connectivity index (χ0v) is 14.6. The van der Waals surface area contributed by atoms with Gasteiger partial charge in [0.15, 0.2) is 5.82 Å². The maximum Gasteiger partial charge on any atom is 0.274 e. The van der Waals surface area contributed by atoms with E-state index < -0.39 is 0 Å². The number of fused-ring (bicyclic) bond motifs is 2. The van der Waals surface area contributed by atoms with Gasteiger partial charge in [-0.3, -0.25) is 0 Å². The van der Waals surface area contributed by atoms with Gasteiger partial charge in [0.25, 0.3) is 11.6 Å². The number of amidine groups is 1. The fourth-order valence-corrected chi connectivity index (χ4v) is 3.39. The van der Waals surface area contributed by atoms with Crippen LogP contribution in [0.15, 0.2) is 76.2 Å². The Morgan fingerprint density at radius 2 is 1.89 bits per heavy atom. The zero-order valence-electron chi connectivity index (χ0n) is 13.9. The summed E-state index contributed by atoms with van der Waals surface area (Å²) >= 11 is 6.10. The average Bonchev–Trinajstić information content (AvgIpc) is 3.03. The molecular weight excluding hydrogens is 369 g/mol. The van der Waals surface area contributed by atoms with Crippen LogP contribution in [-0.4, -0.2) is 15.8 Å². The lowest BCUT2D eigenvalue weighted by Gasteiger charge is -2.26. The van der Waals surface area contributed by atoms with Crippen molar-refractivity contribution in [3.63, 3.8) is 0 Å². The van der Waals surface area contributed by atoms with Crippen molar-refractivity contribution < 1.29 is 4.39 Å². The second-order valence-electron chi connectivity index (χ2n) is 6.12. The molecule has 4 bridgehead atoms. The summed E-state index contributed by atoms with van der Waals surface area (Å²) in [5.74, 6) is 1.63. The van der Waals surface area contributed by atoms with Crippen LogP contribution >= 0.6 is 11.8 Å². The molecule has 1 unspecified atom stereocenters. The summed E-state index contributed by atoms with van der Waals surface area (Å²) in [6.45, 7) is 0.189. The molecule has 0 saturated carbocycles. The summed E-state index contributed by atoms with van der Waals surface area (Å²) in [5.41, 5.74) is 1.21. The van der Waals surface area contributed by atoms with Crippen molar-refractivity contribution in [2.75, 3.05) is 4.53 Å². The molecule has 0 amide bonds. The van der Waals surface area contributed by atoms with Gasteiger partial charge in [0.2, 0.25) is 5.84 Å². The maximum absolute atomic E-state index is 14.5. The lowest BCUT2D eigenvalue weighted by molar-refractivity contribution is 0.377. The third-order valence-electron chi connectivity index (χ3n) is 4.51. The molecule has 0 N–H and O–H groups in total. The number of anilines is 1. The topological polar surface area (TPSA) is 66.1 Å². The van der Waals surface area contributed by atoms with Gasteiger partial charge >= 0.3 is 0 Å². The Morgan fingerprint density at radius 3 is 2.70 bits per heavy atom. The van der Waals surface area contributed by atoms with E-state index in [0.29, 0.717) is 34.4 Å². The summed E-state index contributed by atoms with van der Waals surface area (Å²) < 4.78 is 15.4. The number of rotatable bonds is 3. The number of benzene rings is 1. The maximum atomic E-state index is 14.5. The van der Waals surface area contributed by atoms with Crippen molar-refractivity contribution in [1.29, 1.82) is 0 Å². The minimum Gasteiger partial charge on any atom is -0.206 e. The van der Waals surface area contributed by atoms with Crippen LogP contribution in [-0.2, 0) is 6.54 Å². The van der Waals surface area contributed by atoms with Gasteiger partial charge in [0.05, 0.1) is 0 Å². The first-order chi connectivity index (χ1) is 13.2. The first-order valence-corrected chi connectivity index (χ1v) is 8.54. The first kappa shape index (κ1) is 16.0. The Balaban J connectivity index is 1.79. The molecule has 27 heavy (non-hydrogen) atoms. The third-order valence-corrected chi connectivity index (χ3v) is 4.75. The van der Waals surface area contributed by atoms with Crippen molar-refractivity contribution in [3.8, 4) is 0 Å². The molecule has 0 saturated heterocycles. The van der Waals surface area contributed by atoms with Crippen molar-refractivity contribution in [2.45, 2.75) is 6.54 Å². The summed E-state index contributed by atoms with van der Waals surface area (Å²) in [7, 11) is 0. The van der Waals surface area contributed by atoms with Crippen LogP contribution in [0.1, 0.15) is 11.1 Å². The molecule has 9 heteroatoms. The number of nitrogens with zero attached hydrogens (tertiary/aromatic N) is 7. The van der Waals surface area contributed by atoms with Crippen LogP contribution in [0.2, 0.25) is 0 Å². The van der Waals surface area contributed by atoms with E-state index in [1.54, 1.807) is 30.5 Å². The lowest BCUT2D eigenvalue weighted by Crippen LogP contribution is -2.38. The predicted molar refractivity (Wildman–Crippen MR) is 99.8 cm³/mol. The van der Waals surface area contributed by atoms with Crippen molar-refractivity contribution in [1.82, 2.24) is 14.6 Å². The molecule has 0 spiro atoms.